The van der Waals surface area contributed by atoms with E-state index in [2.05, 4.69) is 17.0 Å². The van der Waals surface area contributed by atoms with Gasteiger partial charge < -0.3 is 9.64 Å². The number of methoxy groups -OCH3 is 1. The molecular formula is C18H24N2O2. The van der Waals surface area contributed by atoms with Gasteiger partial charge in [-0.2, -0.15) is 0 Å². The molecule has 2 fully saturated rings. The molecule has 0 aromatic heterocycles. The molecule has 2 aliphatic heterocycles. The van der Waals surface area contributed by atoms with Gasteiger partial charge in [-0.3, -0.25) is 9.69 Å². The normalized spacial score (nSPS) is 27.0. The lowest BCUT2D eigenvalue weighted by Crippen LogP contribution is -2.44. The fourth-order valence-corrected chi connectivity index (χ4v) is 4.36. The van der Waals surface area contributed by atoms with Crippen molar-refractivity contribution in [1.29, 1.82) is 0 Å². The standard InChI is InChI=1S/C18H24N2O2/c1-22-17-5-3-15-11-19(7-6-14(15)9-17)18(21)12-20-10-13-2-4-16(20)8-13/h3,5,9,13,16H,2,4,6-8,10-12H2,1H3/t13-,16+/m1/s1. The molecule has 0 spiro atoms. The number of ether oxygens (including phenoxy) is 1. The summed E-state index contributed by atoms with van der Waals surface area (Å²) in [5.41, 5.74) is 2.59. The third-order valence-electron chi connectivity index (χ3n) is 5.64. The molecule has 3 aliphatic rings. The highest BCUT2D eigenvalue weighted by molar-refractivity contribution is 5.78. The third-order valence-corrected chi connectivity index (χ3v) is 5.64. The number of likely N-dealkylation sites (tertiary alicyclic amines) is 1. The Balaban J connectivity index is 1.40. The van der Waals surface area contributed by atoms with E-state index in [1.165, 1.54) is 30.4 Å². The zero-order valence-electron chi connectivity index (χ0n) is 13.3. The van der Waals surface area contributed by atoms with Gasteiger partial charge in [0.25, 0.3) is 0 Å². The van der Waals surface area contributed by atoms with Gasteiger partial charge in [0.05, 0.1) is 13.7 Å². The summed E-state index contributed by atoms with van der Waals surface area (Å²) in [4.78, 5) is 17.1. The molecule has 0 radical (unpaired) electrons. The second-order valence-electron chi connectivity index (χ2n) is 6.96. The number of piperidine rings is 1. The summed E-state index contributed by atoms with van der Waals surface area (Å²) >= 11 is 0. The Morgan fingerprint density at radius 3 is 2.95 bits per heavy atom. The summed E-state index contributed by atoms with van der Waals surface area (Å²) in [6.45, 7) is 3.34. The Labute approximate surface area is 132 Å². The summed E-state index contributed by atoms with van der Waals surface area (Å²) in [6, 6.07) is 6.88. The maximum atomic E-state index is 12.6. The molecule has 0 unspecified atom stereocenters. The van der Waals surface area contributed by atoms with Gasteiger partial charge in [0.1, 0.15) is 5.75 Å². The maximum absolute atomic E-state index is 12.6. The van der Waals surface area contributed by atoms with Crippen molar-refractivity contribution in [1.82, 2.24) is 9.80 Å². The average molecular weight is 300 g/mol. The van der Waals surface area contributed by atoms with Gasteiger partial charge in [-0.05, 0) is 54.9 Å². The van der Waals surface area contributed by atoms with Crippen molar-refractivity contribution in [3.8, 4) is 5.75 Å². The fourth-order valence-electron chi connectivity index (χ4n) is 4.36. The SMILES string of the molecule is COc1ccc2c(c1)CCN(C(=O)CN1C[C@@H]3CC[C@H]1C3)C2. The van der Waals surface area contributed by atoms with Crippen molar-refractivity contribution in [3.05, 3.63) is 29.3 Å². The smallest absolute Gasteiger partial charge is 0.237 e. The van der Waals surface area contributed by atoms with Gasteiger partial charge in [-0.15, -0.1) is 0 Å². The fraction of sp³-hybridized carbons (Fsp3) is 0.611. The van der Waals surface area contributed by atoms with Crippen molar-refractivity contribution in [2.75, 3.05) is 26.7 Å². The number of rotatable bonds is 3. The number of hydrogen-bond acceptors (Lipinski definition) is 3. The monoisotopic (exact) mass is 300 g/mol. The summed E-state index contributed by atoms with van der Waals surface area (Å²) < 4.78 is 5.28. The summed E-state index contributed by atoms with van der Waals surface area (Å²) in [5.74, 6) is 2.06. The van der Waals surface area contributed by atoms with E-state index >= 15 is 0 Å². The van der Waals surface area contributed by atoms with Crippen molar-refractivity contribution in [2.24, 2.45) is 5.92 Å². The first-order chi connectivity index (χ1) is 10.7. The predicted molar refractivity (Wildman–Crippen MR) is 84.8 cm³/mol. The van der Waals surface area contributed by atoms with Crippen LogP contribution in [-0.2, 0) is 17.8 Å². The van der Waals surface area contributed by atoms with E-state index < -0.39 is 0 Å². The van der Waals surface area contributed by atoms with E-state index in [9.17, 15) is 4.79 Å². The molecule has 1 aromatic carbocycles. The summed E-state index contributed by atoms with van der Waals surface area (Å²) in [7, 11) is 1.70. The molecule has 1 saturated heterocycles. The highest BCUT2D eigenvalue weighted by Gasteiger charge is 2.39. The number of carbonyl (C=O) groups is 1. The van der Waals surface area contributed by atoms with Gasteiger partial charge in [-0.25, -0.2) is 0 Å². The van der Waals surface area contributed by atoms with Crippen LogP contribution in [0.3, 0.4) is 0 Å². The lowest BCUT2D eigenvalue weighted by Gasteiger charge is -2.32. The quantitative estimate of drug-likeness (QED) is 0.856. The molecule has 1 aliphatic carbocycles. The molecule has 0 N–H and O–H groups in total. The number of benzene rings is 1. The minimum absolute atomic E-state index is 0.300. The van der Waals surface area contributed by atoms with E-state index in [1.54, 1.807) is 7.11 Å². The van der Waals surface area contributed by atoms with Crippen molar-refractivity contribution < 1.29 is 9.53 Å². The van der Waals surface area contributed by atoms with Crippen LogP contribution in [0.15, 0.2) is 18.2 Å². The van der Waals surface area contributed by atoms with Gasteiger partial charge in [0.2, 0.25) is 5.91 Å². The zero-order valence-corrected chi connectivity index (χ0v) is 13.3. The van der Waals surface area contributed by atoms with Crippen LogP contribution in [0.5, 0.6) is 5.75 Å². The van der Waals surface area contributed by atoms with Crippen LogP contribution < -0.4 is 4.74 Å². The van der Waals surface area contributed by atoms with Crippen LogP contribution in [0, 0.1) is 5.92 Å². The maximum Gasteiger partial charge on any atom is 0.237 e. The number of fused-ring (bicyclic) bond motifs is 3. The second kappa shape index (κ2) is 5.58. The first-order valence-corrected chi connectivity index (χ1v) is 8.40. The Bertz CT molecular complexity index is 586. The first kappa shape index (κ1) is 14.1. The summed E-state index contributed by atoms with van der Waals surface area (Å²) in [6.07, 6.45) is 4.91. The molecular weight excluding hydrogens is 276 g/mol. The molecule has 1 amide bonds. The van der Waals surface area contributed by atoms with Crippen molar-refractivity contribution in [2.45, 2.75) is 38.3 Å². The van der Waals surface area contributed by atoms with Gasteiger partial charge in [-0.1, -0.05) is 6.07 Å². The van der Waals surface area contributed by atoms with Crippen LogP contribution in [0.4, 0.5) is 0 Å². The number of amides is 1. The lowest BCUT2D eigenvalue weighted by atomic mass is 9.99. The predicted octanol–water partition coefficient (Wildman–Crippen LogP) is 2.06. The van der Waals surface area contributed by atoms with Crippen molar-refractivity contribution in [3.63, 3.8) is 0 Å². The van der Waals surface area contributed by atoms with Crippen LogP contribution in [0.25, 0.3) is 0 Å². The van der Waals surface area contributed by atoms with Crippen LogP contribution in [0.2, 0.25) is 0 Å². The minimum atomic E-state index is 0.300. The third kappa shape index (κ3) is 2.50. The minimum Gasteiger partial charge on any atom is -0.497 e. The van der Waals surface area contributed by atoms with Crippen LogP contribution in [0.1, 0.15) is 30.4 Å². The molecule has 4 heteroatoms. The Hall–Kier alpha value is -1.55. The number of carbonyl (C=O) groups excluding carboxylic acids is 1. The highest BCUT2D eigenvalue weighted by Crippen LogP contribution is 2.37. The van der Waals surface area contributed by atoms with E-state index in [4.69, 9.17) is 4.74 Å². The molecule has 118 valence electrons. The molecule has 2 bridgehead atoms. The Morgan fingerprint density at radius 2 is 2.23 bits per heavy atom. The largest absolute Gasteiger partial charge is 0.497 e. The molecule has 1 aromatic rings. The summed E-state index contributed by atoms with van der Waals surface area (Å²) in [5, 5.41) is 0. The van der Waals surface area contributed by atoms with Gasteiger partial charge in [0.15, 0.2) is 0 Å². The van der Waals surface area contributed by atoms with Crippen LogP contribution >= 0.6 is 0 Å². The Morgan fingerprint density at radius 1 is 1.32 bits per heavy atom. The molecule has 4 rings (SSSR count). The molecule has 2 heterocycles. The highest BCUT2D eigenvalue weighted by atomic mass is 16.5. The van der Waals surface area contributed by atoms with Crippen LogP contribution in [-0.4, -0.2) is 48.5 Å². The number of nitrogens with zero attached hydrogens (tertiary/aromatic N) is 2. The Kier molecular flexibility index (Phi) is 3.57. The van der Waals surface area contributed by atoms with E-state index in [0.717, 1.165) is 37.7 Å². The first-order valence-electron chi connectivity index (χ1n) is 8.40. The van der Waals surface area contributed by atoms with E-state index in [0.29, 0.717) is 18.5 Å². The van der Waals surface area contributed by atoms with E-state index in [-0.39, 0.29) is 0 Å². The topological polar surface area (TPSA) is 32.8 Å². The molecule has 1 saturated carbocycles. The second-order valence-corrected chi connectivity index (χ2v) is 6.96. The molecule has 4 nitrogen and oxygen atoms in total. The number of hydrogen-bond donors (Lipinski definition) is 0. The van der Waals surface area contributed by atoms with E-state index in [1.807, 2.05) is 11.0 Å². The van der Waals surface area contributed by atoms with Gasteiger partial charge in [0, 0.05) is 25.7 Å². The zero-order chi connectivity index (χ0) is 15.1. The van der Waals surface area contributed by atoms with Crippen molar-refractivity contribution >= 4 is 5.91 Å². The lowest BCUT2D eigenvalue weighted by molar-refractivity contribution is -0.133. The molecule has 2 atom stereocenters. The average Bonchev–Trinajstić information content (AvgIpc) is 3.16. The van der Waals surface area contributed by atoms with Gasteiger partial charge >= 0.3 is 0 Å². The molecule has 22 heavy (non-hydrogen) atoms.